The second-order valence-corrected chi connectivity index (χ2v) is 7.78. The molecule has 170 valence electrons. The highest BCUT2D eigenvalue weighted by molar-refractivity contribution is 5.96. The minimum Gasteiger partial charge on any atom is -0.495 e. The van der Waals surface area contributed by atoms with Gasteiger partial charge in [-0.15, -0.1) is 0 Å². The topological polar surface area (TPSA) is 111 Å². The highest BCUT2D eigenvalue weighted by atomic mass is 16.6. The second kappa shape index (κ2) is 10.1. The molecule has 9 heteroatoms. The average molecular weight is 441 g/mol. The van der Waals surface area contributed by atoms with Crippen molar-refractivity contribution in [1.82, 2.24) is 0 Å². The van der Waals surface area contributed by atoms with Gasteiger partial charge in [0.05, 0.1) is 23.6 Å². The third-order valence-corrected chi connectivity index (χ3v) is 5.52. The van der Waals surface area contributed by atoms with Gasteiger partial charge >= 0.3 is 5.97 Å². The number of nitro benzene ring substituents is 1. The Morgan fingerprint density at radius 1 is 1.19 bits per heavy atom. The monoisotopic (exact) mass is 441 g/mol. The Balaban J connectivity index is 1.55. The molecule has 32 heavy (non-hydrogen) atoms. The number of anilines is 2. The van der Waals surface area contributed by atoms with E-state index in [9.17, 15) is 19.7 Å². The van der Waals surface area contributed by atoms with Gasteiger partial charge < -0.3 is 19.7 Å². The van der Waals surface area contributed by atoms with Crippen LogP contribution in [0.15, 0.2) is 42.5 Å². The summed E-state index contributed by atoms with van der Waals surface area (Å²) in [6.07, 6.45) is 0.0107. The zero-order valence-electron chi connectivity index (χ0n) is 18.4. The molecule has 1 amide bonds. The van der Waals surface area contributed by atoms with Gasteiger partial charge in [0.2, 0.25) is 0 Å². The third kappa shape index (κ3) is 5.35. The van der Waals surface area contributed by atoms with Crippen LogP contribution >= 0.6 is 0 Å². The molecule has 0 aliphatic carbocycles. The zero-order valence-corrected chi connectivity index (χ0v) is 18.4. The summed E-state index contributed by atoms with van der Waals surface area (Å²) < 4.78 is 10.7. The zero-order chi connectivity index (χ0) is 23.3. The number of amides is 1. The number of carbonyl (C=O) groups excluding carboxylic acids is 2. The van der Waals surface area contributed by atoms with Crippen molar-refractivity contribution < 1.29 is 24.0 Å². The van der Waals surface area contributed by atoms with Crippen LogP contribution in [0.4, 0.5) is 17.1 Å². The fourth-order valence-electron chi connectivity index (χ4n) is 3.72. The van der Waals surface area contributed by atoms with Gasteiger partial charge in [0, 0.05) is 19.2 Å². The average Bonchev–Trinajstić information content (AvgIpc) is 2.79. The van der Waals surface area contributed by atoms with Crippen LogP contribution in [0.2, 0.25) is 0 Å². The van der Waals surface area contributed by atoms with Gasteiger partial charge in [-0.05, 0) is 50.5 Å². The molecule has 0 saturated carbocycles. The Morgan fingerprint density at radius 3 is 2.53 bits per heavy atom. The van der Waals surface area contributed by atoms with Crippen molar-refractivity contribution in [3.63, 3.8) is 0 Å². The summed E-state index contributed by atoms with van der Waals surface area (Å²) in [4.78, 5) is 37.9. The van der Waals surface area contributed by atoms with Gasteiger partial charge in [0.25, 0.3) is 11.6 Å². The molecule has 0 spiro atoms. The number of hydrogen-bond donors (Lipinski definition) is 1. The molecule has 0 bridgehead atoms. The first-order valence-corrected chi connectivity index (χ1v) is 10.4. The van der Waals surface area contributed by atoms with Crippen molar-refractivity contribution in [2.45, 2.75) is 32.8 Å². The lowest BCUT2D eigenvalue weighted by molar-refractivity contribution is -0.384. The van der Waals surface area contributed by atoms with Gasteiger partial charge in [0.15, 0.2) is 6.10 Å². The van der Waals surface area contributed by atoms with E-state index < -0.39 is 22.9 Å². The van der Waals surface area contributed by atoms with Crippen LogP contribution in [0.1, 0.15) is 25.3 Å². The summed E-state index contributed by atoms with van der Waals surface area (Å²) in [5.74, 6) is -0.728. The van der Waals surface area contributed by atoms with Crippen LogP contribution < -0.4 is 15.0 Å². The van der Waals surface area contributed by atoms with Crippen LogP contribution in [-0.4, -0.2) is 43.1 Å². The molecule has 3 rings (SSSR count). The van der Waals surface area contributed by atoms with Crippen molar-refractivity contribution in [1.29, 1.82) is 0 Å². The van der Waals surface area contributed by atoms with Gasteiger partial charge in [-0.1, -0.05) is 18.2 Å². The molecule has 1 atom stereocenters. The smallest absolute Gasteiger partial charge is 0.309 e. The molecule has 1 heterocycles. The van der Waals surface area contributed by atoms with Crippen molar-refractivity contribution in [2.75, 3.05) is 30.4 Å². The van der Waals surface area contributed by atoms with Crippen molar-refractivity contribution in [2.24, 2.45) is 5.92 Å². The summed E-state index contributed by atoms with van der Waals surface area (Å²) in [5.41, 5.74) is 2.06. The number of benzene rings is 2. The SMILES string of the molecule is COc1ccc(C)cc1NC(=O)C(C)OC(=O)C1CCN(c2ccccc2[N+](=O)[O-])CC1. The van der Waals surface area contributed by atoms with Crippen molar-refractivity contribution >= 4 is 28.9 Å². The van der Waals surface area contributed by atoms with E-state index in [4.69, 9.17) is 9.47 Å². The van der Waals surface area contributed by atoms with E-state index in [1.165, 1.54) is 20.1 Å². The van der Waals surface area contributed by atoms with E-state index in [2.05, 4.69) is 5.32 Å². The Labute approximate surface area is 186 Å². The normalized spacial score (nSPS) is 15.0. The van der Waals surface area contributed by atoms with E-state index >= 15 is 0 Å². The minimum atomic E-state index is -0.971. The molecule has 1 aliphatic rings. The van der Waals surface area contributed by atoms with E-state index in [1.807, 2.05) is 17.9 Å². The summed E-state index contributed by atoms with van der Waals surface area (Å²) in [6, 6.07) is 12.0. The molecule has 1 fully saturated rings. The Hall–Kier alpha value is -3.62. The summed E-state index contributed by atoms with van der Waals surface area (Å²) in [6.45, 7) is 4.41. The fraction of sp³-hybridized carbons (Fsp3) is 0.391. The summed E-state index contributed by atoms with van der Waals surface area (Å²) in [7, 11) is 1.51. The number of methoxy groups -OCH3 is 1. The van der Waals surface area contributed by atoms with Gasteiger partial charge in [-0.25, -0.2) is 0 Å². The maximum absolute atomic E-state index is 12.6. The fourth-order valence-corrected chi connectivity index (χ4v) is 3.72. The number of nitrogens with zero attached hydrogens (tertiary/aromatic N) is 2. The Bertz CT molecular complexity index is 1000. The number of piperidine rings is 1. The lowest BCUT2D eigenvalue weighted by Gasteiger charge is -2.32. The number of rotatable bonds is 7. The quantitative estimate of drug-likeness (QED) is 0.396. The Morgan fingerprint density at radius 2 is 1.88 bits per heavy atom. The van der Waals surface area contributed by atoms with Gasteiger partial charge in [-0.3, -0.25) is 19.7 Å². The molecule has 2 aromatic rings. The van der Waals surface area contributed by atoms with Crippen LogP contribution in [0.3, 0.4) is 0 Å². The maximum Gasteiger partial charge on any atom is 0.309 e. The second-order valence-electron chi connectivity index (χ2n) is 7.78. The van der Waals surface area contributed by atoms with Gasteiger partial charge in [-0.2, -0.15) is 0 Å². The van der Waals surface area contributed by atoms with E-state index in [1.54, 1.807) is 30.3 Å². The first-order valence-electron chi connectivity index (χ1n) is 10.4. The third-order valence-electron chi connectivity index (χ3n) is 5.52. The van der Waals surface area contributed by atoms with E-state index in [-0.39, 0.29) is 11.6 Å². The molecule has 1 N–H and O–H groups in total. The van der Waals surface area contributed by atoms with E-state index in [0.717, 1.165) is 5.56 Å². The number of carbonyl (C=O) groups is 2. The van der Waals surface area contributed by atoms with E-state index in [0.29, 0.717) is 43.1 Å². The molecule has 2 aromatic carbocycles. The maximum atomic E-state index is 12.6. The van der Waals surface area contributed by atoms with Crippen molar-refractivity contribution in [3.8, 4) is 5.75 Å². The molecular weight excluding hydrogens is 414 g/mol. The number of aryl methyl sites for hydroxylation is 1. The standard InChI is InChI=1S/C23H27N3O6/c1-15-8-9-21(31-3)18(14-15)24-22(27)16(2)32-23(28)17-10-12-25(13-11-17)19-6-4-5-7-20(19)26(29)30/h4-9,14,16-17H,10-13H2,1-3H3,(H,24,27). The van der Waals surface area contributed by atoms with Crippen molar-refractivity contribution in [3.05, 3.63) is 58.1 Å². The number of esters is 1. The number of ether oxygens (including phenoxy) is 2. The predicted octanol–water partition coefficient (Wildman–Crippen LogP) is 3.70. The molecule has 9 nitrogen and oxygen atoms in total. The first-order chi connectivity index (χ1) is 15.3. The molecule has 1 aliphatic heterocycles. The summed E-state index contributed by atoms with van der Waals surface area (Å²) >= 11 is 0. The molecule has 0 aromatic heterocycles. The highest BCUT2D eigenvalue weighted by Crippen LogP contribution is 2.31. The number of hydrogen-bond acceptors (Lipinski definition) is 7. The minimum absolute atomic E-state index is 0.0467. The molecule has 0 radical (unpaired) electrons. The lowest BCUT2D eigenvalue weighted by atomic mass is 9.96. The largest absolute Gasteiger partial charge is 0.495 e. The molecule has 1 unspecified atom stereocenters. The molecule has 1 saturated heterocycles. The first kappa shape index (κ1) is 23.1. The van der Waals surface area contributed by atoms with Crippen LogP contribution in [-0.2, 0) is 14.3 Å². The number of para-hydroxylation sites is 2. The highest BCUT2D eigenvalue weighted by Gasteiger charge is 2.31. The predicted molar refractivity (Wildman–Crippen MR) is 120 cm³/mol. The number of nitro groups is 1. The summed E-state index contributed by atoms with van der Waals surface area (Å²) in [5, 5.41) is 14.0. The number of nitrogens with one attached hydrogen (secondary N) is 1. The lowest BCUT2D eigenvalue weighted by Crippen LogP contribution is -2.39. The van der Waals surface area contributed by atoms with Gasteiger partial charge in [0.1, 0.15) is 11.4 Å². The van der Waals surface area contributed by atoms with Crippen LogP contribution in [0, 0.1) is 23.0 Å². The van der Waals surface area contributed by atoms with Crippen LogP contribution in [0.5, 0.6) is 5.75 Å². The molecular formula is C23H27N3O6. The Kier molecular flexibility index (Phi) is 7.29. The van der Waals surface area contributed by atoms with Crippen LogP contribution in [0.25, 0.3) is 0 Å².